The molecule has 0 bridgehead atoms. The number of nitrogens with two attached hydrogens (primary N) is 1. The van der Waals surface area contributed by atoms with E-state index in [0.29, 0.717) is 6.54 Å². The van der Waals surface area contributed by atoms with E-state index >= 15 is 0 Å². The number of fused-ring (bicyclic) bond motifs is 2. The van der Waals surface area contributed by atoms with Crippen LogP contribution in [0.1, 0.15) is 0 Å². The molecule has 3 N–H and O–H groups in total. The van der Waals surface area contributed by atoms with Crippen LogP contribution >= 0.6 is 0 Å². The van der Waals surface area contributed by atoms with Crippen molar-refractivity contribution in [3.05, 3.63) is 58.7 Å². The third-order valence-corrected chi connectivity index (χ3v) is 3.04. The number of allylic oxidation sites excluding steroid dienone is 1. The van der Waals surface area contributed by atoms with Crippen LogP contribution in [0.15, 0.2) is 48.3 Å². The van der Waals surface area contributed by atoms with Crippen molar-refractivity contribution < 1.29 is 9.84 Å². The standard InChI is InChI=1S/C14H13NO2/c15-8-14-11-4-2-1-3-10(11)12-7-9(16)5-6-13(12)17-14/h1-7,13,16H,8,15H2. The average Bonchev–Trinajstić information content (AvgIpc) is 2.38. The molecule has 0 saturated heterocycles. The number of benzene rings is 1. The first kappa shape index (κ1) is 10.2. The van der Waals surface area contributed by atoms with Crippen LogP contribution in [-0.4, -0.2) is 17.8 Å². The van der Waals surface area contributed by atoms with Crippen molar-refractivity contribution in [1.82, 2.24) is 0 Å². The topological polar surface area (TPSA) is 55.5 Å². The second kappa shape index (κ2) is 3.79. The van der Waals surface area contributed by atoms with Crippen molar-refractivity contribution in [2.24, 2.45) is 5.73 Å². The number of hydrogen-bond donors (Lipinski definition) is 2. The average molecular weight is 227 g/mol. The van der Waals surface area contributed by atoms with Crippen LogP contribution in [0.4, 0.5) is 0 Å². The molecule has 17 heavy (non-hydrogen) atoms. The maximum Gasteiger partial charge on any atom is 0.143 e. The molecule has 2 aliphatic rings. The van der Waals surface area contributed by atoms with Crippen LogP contribution in [0.25, 0.3) is 11.3 Å². The summed E-state index contributed by atoms with van der Waals surface area (Å²) >= 11 is 0. The lowest BCUT2D eigenvalue weighted by atomic mass is 9.97. The molecule has 1 aromatic carbocycles. The van der Waals surface area contributed by atoms with E-state index in [1.54, 1.807) is 12.2 Å². The molecular weight excluding hydrogens is 214 g/mol. The van der Waals surface area contributed by atoms with Crippen molar-refractivity contribution in [3.8, 4) is 0 Å². The van der Waals surface area contributed by atoms with Crippen LogP contribution in [0.5, 0.6) is 0 Å². The first-order valence-electron chi connectivity index (χ1n) is 5.57. The Bertz CT molecular complexity index is 640. The summed E-state index contributed by atoms with van der Waals surface area (Å²) in [4.78, 5) is 0. The third-order valence-electron chi connectivity index (χ3n) is 3.04. The first-order valence-corrected chi connectivity index (χ1v) is 5.57. The maximum atomic E-state index is 9.56. The lowest BCUT2D eigenvalue weighted by Crippen LogP contribution is -2.40. The molecule has 0 fully saturated rings. The third kappa shape index (κ3) is 1.56. The van der Waals surface area contributed by atoms with E-state index < -0.39 is 0 Å². The van der Waals surface area contributed by atoms with Crippen molar-refractivity contribution in [2.45, 2.75) is 6.10 Å². The fourth-order valence-corrected chi connectivity index (χ4v) is 2.27. The molecule has 1 heterocycles. The summed E-state index contributed by atoms with van der Waals surface area (Å²) < 4.78 is 5.83. The normalized spacial score (nSPS) is 21.5. The van der Waals surface area contributed by atoms with Gasteiger partial charge in [-0.1, -0.05) is 24.3 Å². The summed E-state index contributed by atoms with van der Waals surface area (Å²) in [5, 5.41) is 11.7. The van der Waals surface area contributed by atoms with Gasteiger partial charge in [-0.15, -0.1) is 0 Å². The highest BCUT2D eigenvalue weighted by Crippen LogP contribution is 2.21. The Morgan fingerprint density at radius 3 is 2.76 bits per heavy atom. The van der Waals surface area contributed by atoms with Gasteiger partial charge in [0.15, 0.2) is 0 Å². The fourth-order valence-electron chi connectivity index (χ4n) is 2.27. The van der Waals surface area contributed by atoms with Gasteiger partial charge < -0.3 is 15.6 Å². The van der Waals surface area contributed by atoms with Crippen LogP contribution in [0, 0.1) is 0 Å². The molecule has 0 spiro atoms. The second-order valence-electron chi connectivity index (χ2n) is 4.09. The predicted octanol–water partition coefficient (Wildman–Crippen LogP) is 0.315. The molecule has 1 atom stereocenters. The largest absolute Gasteiger partial charge is 0.508 e. The van der Waals surface area contributed by atoms with Crippen molar-refractivity contribution in [1.29, 1.82) is 0 Å². The van der Waals surface area contributed by atoms with E-state index in [1.807, 2.05) is 30.3 Å². The predicted molar refractivity (Wildman–Crippen MR) is 66.3 cm³/mol. The number of aliphatic hydroxyl groups is 1. The van der Waals surface area contributed by atoms with Gasteiger partial charge in [0.25, 0.3) is 0 Å². The Hall–Kier alpha value is -2.00. The number of rotatable bonds is 1. The first-order chi connectivity index (χ1) is 8.29. The van der Waals surface area contributed by atoms with Crippen molar-refractivity contribution in [2.75, 3.05) is 6.54 Å². The molecule has 1 aliphatic carbocycles. The highest BCUT2D eigenvalue weighted by atomic mass is 16.5. The summed E-state index contributed by atoms with van der Waals surface area (Å²) in [7, 11) is 0. The summed E-state index contributed by atoms with van der Waals surface area (Å²) in [6.45, 7) is 0.379. The van der Waals surface area contributed by atoms with Gasteiger partial charge in [0.2, 0.25) is 0 Å². The Kier molecular flexibility index (Phi) is 2.27. The molecule has 1 aliphatic heterocycles. The summed E-state index contributed by atoms with van der Waals surface area (Å²) in [6, 6.07) is 7.95. The lowest BCUT2D eigenvalue weighted by Gasteiger charge is -2.25. The Morgan fingerprint density at radius 1 is 1.24 bits per heavy atom. The number of hydrogen-bond acceptors (Lipinski definition) is 3. The van der Waals surface area contributed by atoms with Crippen LogP contribution in [-0.2, 0) is 4.74 Å². The highest BCUT2D eigenvalue weighted by molar-refractivity contribution is 5.70. The molecule has 0 saturated carbocycles. The Labute approximate surface area is 98.8 Å². The monoisotopic (exact) mass is 227 g/mol. The Morgan fingerprint density at radius 2 is 2.00 bits per heavy atom. The fraction of sp³-hybridized carbons (Fsp3) is 0.143. The molecule has 3 rings (SSSR count). The molecule has 86 valence electrons. The quantitative estimate of drug-likeness (QED) is 0.726. The van der Waals surface area contributed by atoms with E-state index in [0.717, 1.165) is 21.8 Å². The van der Waals surface area contributed by atoms with Crippen LogP contribution in [0.3, 0.4) is 0 Å². The summed E-state index contributed by atoms with van der Waals surface area (Å²) in [6.07, 6.45) is 5.10. The molecule has 0 aromatic heterocycles. The molecule has 3 heteroatoms. The summed E-state index contributed by atoms with van der Waals surface area (Å²) in [5.74, 6) is 1.06. The minimum absolute atomic E-state index is 0.139. The van der Waals surface area contributed by atoms with E-state index in [9.17, 15) is 5.11 Å². The minimum Gasteiger partial charge on any atom is -0.508 e. The number of ether oxygens (including phenoxy) is 1. The van der Waals surface area contributed by atoms with Gasteiger partial charge in [-0.2, -0.15) is 0 Å². The zero-order valence-corrected chi connectivity index (χ0v) is 9.26. The van der Waals surface area contributed by atoms with E-state index in [-0.39, 0.29) is 11.9 Å². The smallest absolute Gasteiger partial charge is 0.143 e. The van der Waals surface area contributed by atoms with E-state index in [4.69, 9.17) is 10.5 Å². The van der Waals surface area contributed by atoms with Gasteiger partial charge in [0, 0.05) is 10.8 Å². The van der Waals surface area contributed by atoms with Crippen LogP contribution in [0.2, 0.25) is 0 Å². The zero-order chi connectivity index (χ0) is 11.8. The molecular formula is C14H13NO2. The molecule has 0 radical (unpaired) electrons. The van der Waals surface area contributed by atoms with Gasteiger partial charge in [0.1, 0.15) is 17.6 Å². The van der Waals surface area contributed by atoms with Gasteiger partial charge in [0.05, 0.1) is 6.54 Å². The van der Waals surface area contributed by atoms with Gasteiger partial charge >= 0.3 is 0 Å². The van der Waals surface area contributed by atoms with Crippen LogP contribution < -0.4 is 16.2 Å². The van der Waals surface area contributed by atoms with E-state index in [2.05, 4.69) is 0 Å². The minimum atomic E-state index is -0.139. The second-order valence-corrected chi connectivity index (χ2v) is 4.09. The van der Waals surface area contributed by atoms with Crippen molar-refractivity contribution >= 4 is 11.3 Å². The molecule has 1 unspecified atom stereocenters. The Balaban J connectivity index is 2.40. The lowest BCUT2D eigenvalue weighted by molar-refractivity contribution is 0.246. The number of aliphatic hydroxyl groups excluding tert-OH is 1. The van der Waals surface area contributed by atoms with Gasteiger partial charge in [-0.25, -0.2) is 0 Å². The van der Waals surface area contributed by atoms with E-state index in [1.165, 1.54) is 0 Å². The molecule has 3 nitrogen and oxygen atoms in total. The zero-order valence-electron chi connectivity index (χ0n) is 9.26. The summed E-state index contributed by atoms with van der Waals surface area (Å²) in [5.41, 5.74) is 6.69. The van der Waals surface area contributed by atoms with Crippen molar-refractivity contribution in [3.63, 3.8) is 0 Å². The maximum absolute atomic E-state index is 9.56. The molecule has 1 aromatic rings. The van der Waals surface area contributed by atoms with Gasteiger partial charge in [-0.3, -0.25) is 0 Å². The molecule has 0 amide bonds. The van der Waals surface area contributed by atoms with Gasteiger partial charge in [-0.05, 0) is 23.4 Å². The highest BCUT2D eigenvalue weighted by Gasteiger charge is 2.21. The SMILES string of the molecule is NCC1=c2ccccc2=C2C=C(O)C=CC2O1.